The molecule has 0 unspecified atom stereocenters. The average molecular weight is 535 g/mol. The quantitative estimate of drug-likeness (QED) is 0.201. The molecule has 4 heteroatoms. The first kappa shape index (κ1) is 23.8. The maximum absolute atomic E-state index is 8.20. The number of benzene rings is 6. The highest BCUT2D eigenvalue weighted by atomic mass is 15.0. The van der Waals surface area contributed by atoms with Gasteiger partial charge in [0.25, 0.3) is 0 Å². The van der Waals surface area contributed by atoms with Gasteiger partial charge in [-0.15, -0.1) is 0 Å². The molecule has 4 nitrogen and oxygen atoms in total. The molecule has 8 rings (SSSR count). The van der Waals surface area contributed by atoms with Gasteiger partial charge in [-0.3, -0.25) is 0 Å². The van der Waals surface area contributed by atoms with Gasteiger partial charge < -0.3 is 9.13 Å². The third kappa shape index (κ3) is 3.33. The van der Waals surface area contributed by atoms with Crippen LogP contribution in [0.5, 0.6) is 0 Å². The predicted octanol–water partition coefficient (Wildman–Crippen LogP) is 10.6. The van der Waals surface area contributed by atoms with Crippen molar-refractivity contribution >= 4 is 55.0 Å². The summed E-state index contributed by atoms with van der Waals surface area (Å²) in [6.45, 7) is 15.8. The van der Waals surface area contributed by atoms with E-state index in [1.807, 2.05) is 42.5 Å². The summed E-state index contributed by atoms with van der Waals surface area (Å²) in [7, 11) is 0. The van der Waals surface area contributed by atoms with E-state index in [0.717, 1.165) is 55.3 Å². The SMILES string of the molecule is [C-]#[N+]c1ccc2c(c1)c1ccccc1n2-c1c([N+]#[C-])cccc1-c1ccccc1-n1c2ccccc2c2ccccc21. The number of rotatable bonds is 3. The van der Waals surface area contributed by atoms with Gasteiger partial charge >= 0.3 is 0 Å². The third-order valence-corrected chi connectivity index (χ3v) is 8.16. The molecular formula is C38H22N4. The average Bonchev–Trinajstić information content (AvgIpc) is 3.57. The first-order valence-corrected chi connectivity index (χ1v) is 13.8. The summed E-state index contributed by atoms with van der Waals surface area (Å²) in [5.74, 6) is 0. The molecule has 0 bridgehead atoms. The monoisotopic (exact) mass is 534 g/mol. The van der Waals surface area contributed by atoms with Gasteiger partial charge in [-0.25, -0.2) is 9.69 Å². The van der Waals surface area contributed by atoms with Crippen molar-refractivity contribution in [2.75, 3.05) is 0 Å². The van der Waals surface area contributed by atoms with Crippen LogP contribution in [0.25, 0.3) is 75.8 Å². The molecule has 8 aromatic rings. The van der Waals surface area contributed by atoms with Crippen LogP contribution in [-0.2, 0) is 0 Å². The van der Waals surface area contributed by atoms with E-state index in [0.29, 0.717) is 11.4 Å². The lowest BCUT2D eigenvalue weighted by atomic mass is 9.99. The summed E-state index contributed by atoms with van der Waals surface area (Å²) in [5, 5.41) is 4.46. The Morgan fingerprint density at radius 3 is 1.64 bits per heavy atom. The van der Waals surface area contributed by atoms with Gasteiger partial charge in [0.15, 0.2) is 5.69 Å². The highest BCUT2D eigenvalue weighted by molar-refractivity contribution is 6.12. The van der Waals surface area contributed by atoms with E-state index in [1.165, 1.54) is 10.8 Å². The molecule has 2 heterocycles. The molecule has 0 fully saturated rings. The number of hydrogen-bond acceptors (Lipinski definition) is 0. The van der Waals surface area contributed by atoms with Crippen molar-refractivity contribution in [1.82, 2.24) is 9.13 Å². The van der Waals surface area contributed by atoms with E-state index in [9.17, 15) is 0 Å². The number of fused-ring (bicyclic) bond motifs is 6. The normalized spacial score (nSPS) is 11.3. The Balaban J connectivity index is 1.50. The van der Waals surface area contributed by atoms with Crippen LogP contribution < -0.4 is 0 Å². The molecule has 0 radical (unpaired) electrons. The molecule has 0 saturated heterocycles. The summed E-state index contributed by atoms with van der Waals surface area (Å²) >= 11 is 0. The predicted molar refractivity (Wildman–Crippen MR) is 173 cm³/mol. The second-order valence-corrected chi connectivity index (χ2v) is 10.3. The molecule has 0 saturated carbocycles. The van der Waals surface area contributed by atoms with Crippen molar-refractivity contribution in [3.05, 3.63) is 156 Å². The van der Waals surface area contributed by atoms with E-state index in [1.54, 1.807) is 0 Å². The Morgan fingerprint density at radius 2 is 0.976 bits per heavy atom. The van der Waals surface area contributed by atoms with Crippen molar-refractivity contribution in [2.45, 2.75) is 0 Å². The Morgan fingerprint density at radius 1 is 0.429 bits per heavy atom. The Bertz CT molecular complexity index is 2390. The van der Waals surface area contributed by atoms with Gasteiger partial charge in [-0.2, -0.15) is 0 Å². The number of nitrogens with zero attached hydrogens (tertiary/aromatic N) is 4. The summed E-state index contributed by atoms with van der Waals surface area (Å²) in [6.07, 6.45) is 0. The molecule has 0 atom stereocenters. The number of para-hydroxylation sites is 5. The molecule has 0 aliphatic heterocycles. The first-order valence-electron chi connectivity index (χ1n) is 13.8. The second-order valence-electron chi connectivity index (χ2n) is 10.3. The van der Waals surface area contributed by atoms with Crippen LogP contribution in [0.15, 0.2) is 133 Å². The van der Waals surface area contributed by atoms with Crippen LogP contribution >= 0.6 is 0 Å². The molecule has 0 aliphatic carbocycles. The molecule has 2 aromatic heterocycles. The van der Waals surface area contributed by atoms with Gasteiger partial charge in [-0.1, -0.05) is 97.1 Å². The van der Waals surface area contributed by atoms with Gasteiger partial charge in [0.2, 0.25) is 5.69 Å². The standard InChI is InChI=1S/C38H22N4/c1-39-25-22-23-37-31(24-25)29-15-6-10-21-36(29)42(37)38-30(16-11-17-32(38)40-2)28-14-5-9-20-35(28)41-33-18-7-3-12-26(33)27-13-4-8-19-34(27)41/h3-24H. The Hall–Kier alpha value is -6.10. The van der Waals surface area contributed by atoms with E-state index >= 15 is 0 Å². The minimum absolute atomic E-state index is 0.571. The smallest absolute Gasteiger partial charge is 0.211 e. The third-order valence-electron chi connectivity index (χ3n) is 8.16. The zero-order valence-electron chi connectivity index (χ0n) is 22.5. The summed E-state index contributed by atoms with van der Waals surface area (Å²) in [5.41, 5.74) is 9.30. The van der Waals surface area contributed by atoms with E-state index < -0.39 is 0 Å². The zero-order chi connectivity index (χ0) is 28.2. The van der Waals surface area contributed by atoms with Crippen molar-refractivity contribution in [1.29, 1.82) is 0 Å². The molecule has 0 spiro atoms. The van der Waals surface area contributed by atoms with Gasteiger partial charge in [-0.05, 0) is 47.3 Å². The Labute approximate surface area is 242 Å². The topological polar surface area (TPSA) is 18.6 Å². The maximum atomic E-state index is 8.20. The molecule has 0 aliphatic rings. The van der Waals surface area contributed by atoms with Gasteiger partial charge in [0, 0.05) is 21.7 Å². The zero-order valence-corrected chi connectivity index (χ0v) is 22.5. The van der Waals surface area contributed by atoms with Gasteiger partial charge in [0.05, 0.1) is 46.6 Å². The van der Waals surface area contributed by atoms with Crippen molar-refractivity contribution in [3.63, 3.8) is 0 Å². The van der Waals surface area contributed by atoms with Crippen molar-refractivity contribution in [3.8, 4) is 22.5 Å². The van der Waals surface area contributed by atoms with Crippen LogP contribution in [0.3, 0.4) is 0 Å². The molecule has 0 amide bonds. The van der Waals surface area contributed by atoms with Crippen LogP contribution in [0, 0.1) is 13.1 Å². The molecule has 194 valence electrons. The highest BCUT2D eigenvalue weighted by Gasteiger charge is 2.22. The fourth-order valence-corrected chi connectivity index (χ4v) is 6.42. The Kier molecular flexibility index (Phi) is 5.22. The lowest BCUT2D eigenvalue weighted by Gasteiger charge is -2.19. The first-order chi connectivity index (χ1) is 20.8. The van der Waals surface area contributed by atoms with Crippen molar-refractivity contribution < 1.29 is 0 Å². The molecule has 42 heavy (non-hydrogen) atoms. The van der Waals surface area contributed by atoms with Crippen LogP contribution in [0.2, 0.25) is 0 Å². The minimum Gasteiger partial charge on any atom is -0.318 e. The fourth-order valence-electron chi connectivity index (χ4n) is 6.42. The summed E-state index contributed by atoms with van der Waals surface area (Å²) in [4.78, 5) is 7.71. The number of hydrogen-bond donors (Lipinski definition) is 0. The number of aromatic nitrogens is 2. The maximum Gasteiger partial charge on any atom is 0.211 e. The lowest BCUT2D eigenvalue weighted by Crippen LogP contribution is -2.01. The van der Waals surface area contributed by atoms with Crippen LogP contribution in [-0.4, -0.2) is 9.13 Å². The van der Waals surface area contributed by atoms with Crippen LogP contribution in [0.1, 0.15) is 0 Å². The highest BCUT2D eigenvalue weighted by Crippen LogP contribution is 2.44. The molecular weight excluding hydrogens is 512 g/mol. The van der Waals surface area contributed by atoms with E-state index in [4.69, 9.17) is 13.1 Å². The minimum atomic E-state index is 0.571. The van der Waals surface area contributed by atoms with Crippen LogP contribution in [0.4, 0.5) is 11.4 Å². The van der Waals surface area contributed by atoms with Crippen molar-refractivity contribution in [2.24, 2.45) is 0 Å². The summed E-state index contributed by atoms with van der Waals surface area (Å²) < 4.78 is 4.53. The summed E-state index contributed by atoms with van der Waals surface area (Å²) in [6, 6.07) is 45.5. The van der Waals surface area contributed by atoms with Gasteiger partial charge in [0.1, 0.15) is 0 Å². The fraction of sp³-hybridized carbons (Fsp3) is 0. The lowest BCUT2D eigenvalue weighted by molar-refractivity contribution is 1.16. The molecule has 6 aromatic carbocycles. The van der Waals surface area contributed by atoms with E-state index in [2.05, 4.69) is 110 Å². The molecule has 0 N–H and O–H groups in total. The second kappa shape index (κ2) is 9.24. The largest absolute Gasteiger partial charge is 0.318 e. The van der Waals surface area contributed by atoms with E-state index in [-0.39, 0.29) is 0 Å².